The lowest BCUT2D eigenvalue weighted by atomic mass is 10.1. The van der Waals surface area contributed by atoms with Crippen molar-refractivity contribution < 1.29 is 19.1 Å². The summed E-state index contributed by atoms with van der Waals surface area (Å²) < 4.78 is 5.45. The number of ether oxygens (including phenoxy) is 1. The second-order valence-electron chi connectivity index (χ2n) is 5.80. The largest absolute Gasteiger partial charge is 0.484 e. The minimum absolute atomic E-state index is 0.0591. The van der Waals surface area contributed by atoms with E-state index >= 15 is 0 Å². The average molecular weight is 354 g/mol. The summed E-state index contributed by atoms with van der Waals surface area (Å²) in [6.45, 7) is 4.88. The first-order chi connectivity index (χ1) is 12.4. The van der Waals surface area contributed by atoms with Crippen LogP contribution in [-0.4, -0.2) is 24.2 Å². The second-order valence-corrected chi connectivity index (χ2v) is 5.80. The number of carbonyl (C=O) groups is 3. The van der Waals surface area contributed by atoms with Crippen LogP contribution in [0.2, 0.25) is 0 Å². The molecule has 0 unspecified atom stereocenters. The van der Waals surface area contributed by atoms with Crippen molar-refractivity contribution in [2.75, 3.05) is 17.2 Å². The number of nitrogens with one attached hydrogen (secondary N) is 2. The summed E-state index contributed by atoms with van der Waals surface area (Å²) >= 11 is 0. The SMILES string of the molecule is CCC(=O)c1ccc(OCC(=O)Nc2cccc(NC(C)=O)c2C)cc1. The van der Waals surface area contributed by atoms with Crippen LogP contribution in [0.3, 0.4) is 0 Å². The second kappa shape index (κ2) is 8.80. The maximum absolute atomic E-state index is 12.1. The quantitative estimate of drug-likeness (QED) is 0.745. The predicted molar refractivity (Wildman–Crippen MR) is 101 cm³/mol. The van der Waals surface area contributed by atoms with Crippen molar-refractivity contribution >= 4 is 29.0 Å². The molecule has 136 valence electrons. The third kappa shape index (κ3) is 5.17. The number of anilines is 2. The highest BCUT2D eigenvalue weighted by molar-refractivity contribution is 5.96. The van der Waals surface area contributed by atoms with Gasteiger partial charge in [-0.15, -0.1) is 0 Å². The number of ketones is 1. The van der Waals surface area contributed by atoms with Gasteiger partial charge in [-0.05, 0) is 48.9 Å². The minimum Gasteiger partial charge on any atom is -0.484 e. The van der Waals surface area contributed by atoms with Gasteiger partial charge in [0.25, 0.3) is 5.91 Å². The van der Waals surface area contributed by atoms with Gasteiger partial charge < -0.3 is 15.4 Å². The highest BCUT2D eigenvalue weighted by Gasteiger charge is 2.10. The Kier molecular flexibility index (Phi) is 6.49. The van der Waals surface area contributed by atoms with Crippen LogP contribution in [0.5, 0.6) is 5.75 Å². The highest BCUT2D eigenvalue weighted by atomic mass is 16.5. The monoisotopic (exact) mass is 354 g/mol. The molecule has 0 saturated carbocycles. The van der Waals surface area contributed by atoms with Crippen LogP contribution < -0.4 is 15.4 Å². The Morgan fingerprint density at radius 3 is 2.15 bits per heavy atom. The molecule has 2 amide bonds. The number of hydrogen-bond donors (Lipinski definition) is 2. The molecular weight excluding hydrogens is 332 g/mol. The minimum atomic E-state index is -0.318. The van der Waals surface area contributed by atoms with Crippen LogP contribution in [0.1, 0.15) is 36.2 Å². The van der Waals surface area contributed by atoms with Crippen LogP contribution in [0.25, 0.3) is 0 Å². The van der Waals surface area contributed by atoms with Crippen LogP contribution in [0.4, 0.5) is 11.4 Å². The standard InChI is InChI=1S/C20H22N2O4/c1-4-19(24)15-8-10-16(11-9-15)26-12-20(25)22-18-7-5-6-17(13(18)2)21-14(3)23/h5-11H,4,12H2,1-3H3,(H,21,23)(H,22,25). The van der Waals surface area contributed by atoms with E-state index in [4.69, 9.17) is 4.74 Å². The summed E-state index contributed by atoms with van der Waals surface area (Å²) in [5.74, 6) is 0.0760. The van der Waals surface area contributed by atoms with E-state index in [-0.39, 0.29) is 24.2 Å². The molecule has 0 aromatic heterocycles. The molecule has 0 bridgehead atoms. The lowest BCUT2D eigenvalue weighted by Crippen LogP contribution is -2.21. The molecule has 0 aliphatic heterocycles. The van der Waals surface area contributed by atoms with Crippen LogP contribution in [0, 0.1) is 6.92 Å². The lowest BCUT2D eigenvalue weighted by molar-refractivity contribution is -0.118. The molecule has 2 N–H and O–H groups in total. The fourth-order valence-corrected chi connectivity index (χ4v) is 2.37. The van der Waals surface area contributed by atoms with Crippen LogP contribution >= 0.6 is 0 Å². The molecule has 0 aliphatic carbocycles. The summed E-state index contributed by atoms with van der Waals surface area (Å²) in [6, 6.07) is 12.0. The Hall–Kier alpha value is -3.15. The fourth-order valence-electron chi connectivity index (χ4n) is 2.37. The van der Waals surface area contributed by atoms with Gasteiger partial charge in [-0.25, -0.2) is 0 Å². The molecule has 0 spiro atoms. The molecule has 0 fully saturated rings. The van der Waals surface area contributed by atoms with E-state index < -0.39 is 0 Å². The first-order valence-corrected chi connectivity index (χ1v) is 8.33. The Morgan fingerprint density at radius 2 is 1.58 bits per heavy atom. The van der Waals surface area contributed by atoms with Crippen molar-refractivity contribution in [1.29, 1.82) is 0 Å². The molecule has 6 heteroatoms. The Bertz CT molecular complexity index is 813. The third-order valence-electron chi connectivity index (χ3n) is 3.79. The number of rotatable bonds is 7. The van der Waals surface area contributed by atoms with Crippen molar-refractivity contribution in [1.82, 2.24) is 0 Å². The molecule has 2 rings (SSSR count). The summed E-state index contributed by atoms with van der Waals surface area (Å²) in [5.41, 5.74) is 2.63. The maximum Gasteiger partial charge on any atom is 0.262 e. The number of Topliss-reactive ketones (excluding diaryl/α,β-unsaturated/α-hetero) is 1. The van der Waals surface area contributed by atoms with Crippen molar-refractivity contribution in [3.05, 3.63) is 53.6 Å². The van der Waals surface area contributed by atoms with E-state index in [1.165, 1.54) is 6.92 Å². The summed E-state index contributed by atoms with van der Waals surface area (Å²) in [4.78, 5) is 34.9. The maximum atomic E-state index is 12.1. The molecule has 6 nitrogen and oxygen atoms in total. The van der Waals surface area contributed by atoms with Gasteiger partial charge in [0.15, 0.2) is 12.4 Å². The molecule has 0 radical (unpaired) electrons. The van der Waals surface area contributed by atoms with Crippen molar-refractivity contribution in [3.8, 4) is 5.75 Å². The van der Waals surface area contributed by atoms with E-state index in [0.29, 0.717) is 29.1 Å². The van der Waals surface area contributed by atoms with Crippen molar-refractivity contribution in [2.24, 2.45) is 0 Å². The van der Waals surface area contributed by atoms with Gasteiger partial charge in [0.05, 0.1) is 0 Å². The lowest BCUT2D eigenvalue weighted by Gasteiger charge is -2.13. The van der Waals surface area contributed by atoms with Gasteiger partial charge in [0.1, 0.15) is 5.75 Å². The molecule has 2 aromatic rings. The van der Waals surface area contributed by atoms with E-state index in [1.54, 1.807) is 49.4 Å². The molecule has 2 aromatic carbocycles. The zero-order chi connectivity index (χ0) is 19.1. The molecule has 0 saturated heterocycles. The Labute approximate surface area is 152 Å². The Morgan fingerprint density at radius 1 is 0.962 bits per heavy atom. The van der Waals surface area contributed by atoms with Gasteiger partial charge in [0, 0.05) is 30.3 Å². The predicted octanol–water partition coefficient (Wildman–Crippen LogP) is 3.56. The smallest absolute Gasteiger partial charge is 0.262 e. The first-order valence-electron chi connectivity index (χ1n) is 8.33. The summed E-state index contributed by atoms with van der Waals surface area (Å²) in [6.07, 6.45) is 0.444. The van der Waals surface area contributed by atoms with Crippen molar-refractivity contribution in [3.63, 3.8) is 0 Å². The highest BCUT2D eigenvalue weighted by Crippen LogP contribution is 2.23. The molecule has 0 heterocycles. The fraction of sp³-hybridized carbons (Fsp3) is 0.250. The zero-order valence-electron chi connectivity index (χ0n) is 15.1. The van der Waals surface area contributed by atoms with E-state index in [2.05, 4.69) is 10.6 Å². The normalized spacial score (nSPS) is 10.1. The van der Waals surface area contributed by atoms with Crippen molar-refractivity contribution in [2.45, 2.75) is 27.2 Å². The zero-order valence-corrected chi connectivity index (χ0v) is 15.1. The summed E-state index contributed by atoms with van der Waals surface area (Å²) in [5, 5.41) is 5.48. The number of benzene rings is 2. The van der Waals surface area contributed by atoms with Gasteiger partial charge in [-0.3, -0.25) is 14.4 Å². The van der Waals surface area contributed by atoms with E-state index in [1.807, 2.05) is 6.92 Å². The number of amides is 2. The van der Waals surface area contributed by atoms with E-state index in [0.717, 1.165) is 5.56 Å². The number of carbonyl (C=O) groups excluding carboxylic acids is 3. The topological polar surface area (TPSA) is 84.5 Å². The average Bonchev–Trinajstić information content (AvgIpc) is 2.62. The number of hydrogen-bond acceptors (Lipinski definition) is 4. The van der Waals surface area contributed by atoms with E-state index in [9.17, 15) is 14.4 Å². The summed E-state index contributed by atoms with van der Waals surface area (Å²) in [7, 11) is 0. The van der Waals surface area contributed by atoms with Gasteiger partial charge in [0.2, 0.25) is 5.91 Å². The van der Waals surface area contributed by atoms with Gasteiger partial charge in [-0.1, -0.05) is 13.0 Å². The third-order valence-corrected chi connectivity index (χ3v) is 3.79. The molecule has 0 atom stereocenters. The van der Waals surface area contributed by atoms with Gasteiger partial charge >= 0.3 is 0 Å². The Balaban J connectivity index is 1.95. The molecule has 26 heavy (non-hydrogen) atoms. The van der Waals surface area contributed by atoms with Crippen LogP contribution in [-0.2, 0) is 9.59 Å². The van der Waals surface area contributed by atoms with Crippen LogP contribution in [0.15, 0.2) is 42.5 Å². The first kappa shape index (κ1) is 19.2. The molecule has 0 aliphatic rings. The van der Waals surface area contributed by atoms with Gasteiger partial charge in [-0.2, -0.15) is 0 Å². The molecular formula is C20H22N2O4.